The smallest absolute Gasteiger partial charge is 0.265 e. The van der Waals surface area contributed by atoms with Crippen molar-refractivity contribution >= 4 is 50.5 Å². The van der Waals surface area contributed by atoms with Crippen molar-refractivity contribution in [2.45, 2.75) is 4.90 Å². The van der Waals surface area contributed by atoms with Crippen molar-refractivity contribution in [3.05, 3.63) is 34.3 Å². The van der Waals surface area contributed by atoms with Gasteiger partial charge >= 0.3 is 0 Å². The van der Waals surface area contributed by atoms with Crippen LogP contribution in [0.15, 0.2) is 23.6 Å². The molecule has 7 nitrogen and oxygen atoms in total. The summed E-state index contributed by atoms with van der Waals surface area (Å²) in [6.45, 7) is 0. The Morgan fingerprint density at radius 2 is 1.47 bits per heavy atom. The highest BCUT2D eigenvalue weighted by Gasteiger charge is 2.19. The summed E-state index contributed by atoms with van der Waals surface area (Å²) in [4.78, 5) is 14.2. The van der Waals surface area contributed by atoms with Crippen LogP contribution in [0.2, 0.25) is 15.6 Å². The second-order valence-corrected chi connectivity index (χ2v) is 5.86. The monoisotopic (exact) mass is 339 g/mol. The molecule has 2 aromatic heterocycles. The molecule has 19 heavy (non-hydrogen) atoms. The number of rotatable bonds is 3. The van der Waals surface area contributed by atoms with Gasteiger partial charge in [-0.3, -0.25) is 4.72 Å². The van der Waals surface area contributed by atoms with Gasteiger partial charge in [-0.15, -0.1) is 0 Å². The average Bonchev–Trinajstić information content (AvgIpc) is 2.35. The number of hydrogen-bond donors (Lipinski definition) is 1. The Bertz CT molecular complexity index is 687. The van der Waals surface area contributed by atoms with Crippen molar-refractivity contribution < 1.29 is 8.42 Å². The summed E-state index contributed by atoms with van der Waals surface area (Å²) >= 11 is 16.9. The molecule has 0 atom stereocenters. The number of halogens is 3. The largest absolute Gasteiger partial charge is 0.273 e. The van der Waals surface area contributed by atoms with Gasteiger partial charge in [-0.05, 0) is 11.6 Å². The second kappa shape index (κ2) is 5.41. The molecule has 0 bridgehead atoms. The molecule has 2 heterocycles. The van der Waals surface area contributed by atoms with Crippen molar-refractivity contribution in [1.29, 1.82) is 0 Å². The first-order valence-electron chi connectivity index (χ1n) is 4.56. The molecule has 0 saturated heterocycles. The number of aromatic nitrogens is 4. The Morgan fingerprint density at radius 3 is 2.00 bits per heavy atom. The summed E-state index contributed by atoms with van der Waals surface area (Å²) < 4.78 is 26.2. The van der Waals surface area contributed by atoms with Gasteiger partial charge in [0, 0.05) is 0 Å². The maximum absolute atomic E-state index is 12.0. The van der Waals surface area contributed by atoms with E-state index >= 15 is 0 Å². The molecule has 1 N–H and O–H groups in total. The summed E-state index contributed by atoms with van der Waals surface area (Å²) in [7, 11) is -3.96. The lowest BCUT2D eigenvalue weighted by molar-refractivity contribution is 0.600. The van der Waals surface area contributed by atoms with E-state index in [1.807, 2.05) is 0 Å². The Kier molecular flexibility index (Phi) is 4.04. The molecule has 0 amide bonds. The summed E-state index contributed by atoms with van der Waals surface area (Å²) in [5.41, 5.74) is -0.124. The van der Waals surface area contributed by atoms with Crippen LogP contribution >= 0.6 is 34.8 Å². The molecule has 11 heteroatoms. The van der Waals surface area contributed by atoms with Gasteiger partial charge < -0.3 is 0 Å². The van der Waals surface area contributed by atoms with E-state index in [4.69, 9.17) is 34.8 Å². The van der Waals surface area contributed by atoms with E-state index in [0.717, 1.165) is 18.7 Å². The van der Waals surface area contributed by atoms with E-state index in [1.165, 1.54) is 0 Å². The fourth-order valence-corrected chi connectivity index (χ4v) is 2.64. The molecule has 0 aliphatic heterocycles. The van der Waals surface area contributed by atoms with Crippen LogP contribution in [-0.4, -0.2) is 28.4 Å². The molecule has 0 aromatic carbocycles. The first-order valence-corrected chi connectivity index (χ1v) is 7.18. The SMILES string of the molecule is O=S(=O)(Nc1c(Cl)ncnc1Cl)c1cnc(Cl)nc1. The second-order valence-electron chi connectivity index (χ2n) is 3.12. The third kappa shape index (κ3) is 3.21. The summed E-state index contributed by atoms with van der Waals surface area (Å²) in [5.74, 6) is 0. The third-order valence-electron chi connectivity index (χ3n) is 1.90. The van der Waals surface area contributed by atoms with Gasteiger partial charge in [0.2, 0.25) is 5.28 Å². The molecule has 0 fully saturated rings. The lowest BCUT2D eigenvalue weighted by Crippen LogP contribution is -2.15. The summed E-state index contributed by atoms with van der Waals surface area (Å²) in [6, 6.07) is 0. The highest BCUT2D eigenvalue weighted by atomic mass is 35.5. The highest BCUT2D eigenvalue weighted by Crippen LogP contribution is 2.28. The predicted octanol–water partition coefficient (Wildman–Crippen LogP) is 2.03. The minimum absolute atomic E-state index is 0.0712. The van der Waals surface area contributed by atoms with Crippen molar-refractivity contribution in [3.8, 4) is 0 Å². The highest BCUT2D eigenvalue weighted by molar-refractivity contribution is 7.92. The fraction of sp³-hybridized carbons (Fsp3) is 0. The first-order chi connectivity index (χ1) is 8.90. The van der Waals surface area contributed by atoms with Gasteiger partial charge in [0.15, 0.2) is 10.3 Å². The van der Waals surface area contributed by atoms with E-state index in [2.05, 4.69) is 24.7 Å². The molecule has 2 aromatic rings. The zero-order valence-corrected chi connectivity index (χ0v) is 12.0. The fourth-order valence-electron chi connectivity index (χ4n) is 1.06. The van der Waals surface area contributed by atoms with Crippen LogP contribution in [0.25, 0.3) is 0 Å². The summed E-state index contributed by atoms with van der Waals surface area (Å²) in [6.07, 6.45) is 3.19. The van der Waals surface area contributed by atoms with E-state index < -0.39 is 10.0 Å². The normalized spacial score (nSPS) is 11.3. The van der Waals surface area contributed by atoms with E-state index in [1.54, 1.807) is 0 Å². The van der Waals surface area contributed by atoms with Gasteiger partial charge in [-0.2, -0.15) is 0 Å². The van der Waals surface area contributed by atoms with Gasteiger partial charge in [-0.1, -0.05) is 23.2 Å². The zero-order chi connectivity index (χ0) is 14.0. The Morgan fingerprint density at radius 1 is 0.947 bits per heavy atom. The maximum atomic E-state index is 12.0. The van der Waals surface area contributed by atoms with Crippen LogP contribution in [0, 0.1) is 0 Å². The van der Waals surface area contributed by atoms with Gasteiger partial charge in [0.25, 0.3) is 10.0 Å². The van der Waals surface area contributed by atoms with Crippen molar-refractivity contribution in [3.63, 3.8) is 0 Å². The number of sulfonamides is 1. The number of nitrogens with zero attached hydrogens (tertiary/aromatic N) is 4. The van der Waals surface area contributed by atoms with E-state index in [0.29, 0.717) is 0 Å². The molecule has 0 unspecified atom stereocenters. The van der Waals surface area contributed by atoms with Crippen LogP contribution in [-0.2, 0) is 10.0 Å². The number of anilines is 1. The Labute approximate surface area is 123 Å². The molecule has 0 saturated carbocycles. The lowest BCUT2D eigenvalue weighted by Gasteiger charge is -2.09. The van der Waals surface area contributed by atoms with E-state index in [-0.39, 0.29) is 26.2 Å². The molecule has 100 valence electrons. The van der Waals surface area contributed by atoms with Crippen LogP contribution in [0.4, 0.5) is 5.69 Å². The Balaban J connectivity index is 2.39. The standard InChI is InChI=1S/C8H4Cl3N5O2S/c9-6-5(7(10)15-3-14-6)16-19(17,18)4-1-12-8(11)13-2-4/h1-3,16H. The quantitative estimate of drug-likeness (QED) is 0.678. The summed E-state index contributed by atoms with van der Waals surface area (Å²) in [5, 5.41) is -0.324. The average molecular weight is 341 g/mol. The molecule has 0 aliphatic rings. The van der Waals surface area contributed by atoms with Gasteiger partial charge in [0.05, 0.1) is 12.4 Å². The minimum Gasteiger partial charge on any atom is -0.273 e. The topological polar surface area (TPSA) is 97.7 Å². The van der Waals surface area contributed by atoms with E-state index in [9.17, 15) is 8.42 Å². The maximum Gasteiger partial charge on any atom is 0.265 e. The van der Waals surface area contributed by atoms with Crippen LogP contribution in [0.1, 0.15) is 0 Å². The van der Waals surface area contributed by atoms with Crippen LogP contribution in [0.5, 0.6) is 0 Å². The molecule has 0 spiro atoms. The molecule has 0 aliphatic carbocycles. The molecular formula is C8H4Cl3N5O2S. The number of hydrogen-bond acceptors (Lipinski definition) is 6. The van der Waals surface area contributed by atoms with Crippen LogP contribution in [0.3, 0.4) is 0 Å². The number of nitrogens with one attached hydrogen (secondary N) is 1. The third-order valence-corrected chi connectivity index (χ3v) is 3.97. The lowest BCUT2D eigenvalue weighted by atomic mass is 10.6. The minimum atomic E-state index is -3.96. The van der Waals surface area contributed by atoms with Gasteiger partial charge in [-0.25, -0.2) is 28.4 Å². The molecule has 0 radical (unpaired) electrons. The molecular weight excluding hydrogens is 337 g/mol. The zero-order valence-electron chi connectivity index (χ0n) is 8.88. The molecule has 2 rings (SSSR count). The Hall–Kier alpha value is -1.22. The van der Waals surface area contributed by atoms with Crippen molar-refractivity contribution in [1.82, 2.24) is 19.9 Å². The predicted molar refractivity (Wildman–Crippen MR) is 69.9 cm³/mol. The van der Waals surface area contributed by atoms with Gasteiger partial charge in [0.1, 0.15) is 16.9 Å². The van der Waals surface area contributed by atoms with Crippen molar-refractivity contribution in [2.24, 2.45) is 0 Å². The first kappa shape index (κ1) is 14.2. The van der Waals surface area contributed by atoms with Crippen molar-refractivity contribution in [2.75, 3.05) is 4.72 Å². The van der Waals surface area contributed by atoms with Crippen LogP contribution < -0.4 is 4.72 Å².